The van der Waals surface area contributed by atoms with Crippen LogP contribution >= 0.6 is 0 Å². The molecule has 104 valence electrons. The molecule has 5 heteroatoms. The molecule has 0 radical (unpaired) electrons. The number of amides is 1. The predicted octanol–water partition coefficient (Wildman–Crippen LogP) is 1.30. The zero-order valence-corrected chi connectivity index (χ0v) is 11.5. The Balaban J connectivity index is 1.92. The van der Waals surface area contributed by atoms with Crippen LogP contribution in [0.25, 0.3) is 0 Å². The molecule has 1 amide bonds. The van der Waals surface area contributed by atoms with Gasteiger partial charge in [-0.1, -0.05) is 24.3 Å². The number of aromatic amines is 1. The molecule has 3 rings (SSSR count). The zero-order chi connectivity index (χ0) is 14.1. The van der Waals surface area contributed by atoms with Gasteiger partial charge in [-0.15, -0.1) is 0 Å². The van der Waals surface area contributed by atoms with Crippen LogP contribution in [-0.4, -0.2) is 27.5 Å². The van der Waals surface area contributed by atoms with Crippen LogP contribution in [0.2, 0.25) is 0 Å². The Morgan fingerprint density at radius 3 is 3.00 bits per heavy atom. The van der Waals surface area contributed by atoms with E-state index < -0.39 is 0 Å². The highest BCUT2D eigenvalue weighted by Gasteiger charge is 2.31. The van der Waals surface area contributed by atoms with Crippen molar-refractivity contribution in [3.05, 3.63) is 52.8 Å². The van der Waals surface area contributed by atoms with E-state index in [0.29, 0.717) is 6.54 Å². The number of aromatic nitrogens is 2. The van der Waals surface area contributed by atoms with Crippen LogP contribution in [0.4, 0.5) is 0 Å². The van der Waals surface area contributed by atoms with E-state index in [0.717, 1.165) is 29.8 Å². The number of H-pyrrole nitrogens is 1. The summed E-state index contributed by atoms with van der Waals surface area (Å²) in [6, 6.07) is 7.68. The molecule has 2 aromatic rings. The Morgan fingerprint density at radius 2 is 2.30 bits per heavy atom. The van der Waals surface area contributed by atoms with Crippen LogP contribution in [0.3, 0.4) is 0 Å². The molecule has 1 aromatic heterocycles. The van der Waals surface area contributed by atoms with Crippen molar-refractivity contribution in [1.29, 1.82) is 0 Å². The molecule has 1 unspecified atom stereocenters. The topological polar surface area (TPSA) is 75.0 Å². The van der Waals surface area contributed by atoms with Crippen LogP contribution < -0.4 is 5.73 Å². The number of hydrogen-bond donors (Lipinski definition) is 2. The summed E-state index contributed by atoms with van der Waals surface area (Å²) >= 11 is 0. The molecule has 0 spiro atoms. The average Bonchev–Trinajstić information content (AvgIpc) is 2.83. The molecule has 1 aliphatic rings. The van der Waals surface area contributed by atoms with Crippen LogP contribution in [0.1, 0.15) is 28.4 Å². The fourth-order valence-corrected chi connectivity index (χ4v) is 2.86. The van der Waals surface area contributed by atoms with Gasteiger partial charge in [0.1, 0.15) is 6.04 Å². The first-order valence-corrected chi connectivity index (χ1v) is 6.77. The highest BCUT2D eigenvalue weighted by Crippen LogP contribution is 2.30. The number of carbonyl (C=O) groups excluding carboxylic acids is 1. The molecule has 1 aliphatic heterocycles. The second-order valence-corrected chi connectivity index (χ2v) is 5.26. The number of primary amides is 1. The number of rotatable bonds is 3. The van der Waals surface area contributed by atoms with Crippen LogP contribution in [0, 0.1) is 6.92 Å². The molecule has 0 fully saturated rings. The number of hydrogen-bond acceptors (Lipinski definition) is 3. The molecule has 2 heterocycles. The highest BCUT2D eigenvalue weighted by molar-refractivity contribution is 5.82. The molecular formula is C15H18N4O. The first-order chi connectivity index (χ1) is 9.66. The Hall–Kier alpha value is -2.14. The third-order valence-corrected chi connectivity index (χ3v) is 3.95. The molecule has 0 aliphatic carbocycles. The summed E-state index contributed by atoms with van der Waals surface area (Å²) in [5.74, 6) is -0.297. The molecule has 1 atom stereocenters. The van der Waals surface area contributed by atoms with E-state index in [2.05, 4.69) is 21.2 Å². The van der Waals surface area contributed by atoms with Gasteiger partial charge in [-0.2, -0.15) is 5.10 Å². The van der Waals surface area contributed by atoms with Crippen LogP contribution in [-0.2, 0) is 17.8 Å². The van der Waals surface area contributed by atoms with Gasteiger partial charge in [0.15, 0.2) is 0 Å². The first-order valence-electron chi connectivity index (χ1n) is 6.77. The second-order valence-electron chi connectivity index (χ2n) is 5.26. The number of nitrogens with zero attached hydrogens (tertiary/aromatic N) is 2. The lowest BCUT2D eigenvalue weighted by atomic mass is 9.92. The lowest BCUT2D eigenvalue weighted by Gasteiger charge is -2.35. The number of fused-ring (bicyclic) bond motifs is 1. The zero-order valence-electron chi connectivity index (χ0n) is 11.5. The molecular weight excluding hydrogens is 252 g/mol. The smallest absolute Gasteiger partial charge is 0.239 e. The minimum atomic E-state index is -0.359. The maximum Gasteiger partial charge on any atom is 0.239 e. The average molecular weight is 270 g/mol. The Kier molecular flexibility index (Phi) is 3.28. The lowest BCUT2D eigenvalue weighted by Crippen LogP contribution is -2.42. The molecule has 0 saturated heterocycles. The maximum atomic E-state index is 11.9. The van der Waals surface area contributed by atoms with Crippen molar-refractivity contribution in [2.75, 3.05) is 6.54 Å². The molecule has 0 saturated carbocycles. The van der Waals surface area contributed by atoms with Gasteiger partial charge in [-0.3, -0.25) is 14.8 Å². The van der Waals surface area contributed by atoms with Gasteiger partial charge in [0.05, 0.1) is 11.9 Å². The number of nitrogens with one attached hydrogen (secondary N) is 1. The first kappa shape index (κ1) is 12.9. The molecule has 3 N–H and O–H groups in total. The third-order valence-electron chi connectivity index (χ3n) is 3.95. The summed E-state index contributed by atoms with van der Waals surface area (Å²) in [7, 11) is 0. The van der Waals surface area contributed by atoms with E-state index in [4.69, 9.17) is 5.73 Å². The van der Waals surface area contributed by atoms with Crippen molar-refractivity contribution < 1.29 is 4.79 Å². The summed E-state index contributed by atoms with van der Waals surface area (Å²) < 4.78 is 0. The second kappa shape index (κ2) is 5.09. The highest BCUT2D eigenvalue weighted by atomic mass is 16.1. The Bertz CT molecular complexity index is 634. The summed E-state index contributed by atoms with van der Waals surface area (Å²) in [5.41, 5.74) is 10.0. The summed E-state index contributed by atoms with van der Waals surface area (Å²) in [4.78, 5) is 14.0. The van der Waals surface area contributed by atoms with E-state index in [1.807, 2.05) is 25.1 Å². The third kappa shape index (κ3) is 2.20. The minimum Gasteiger partial charge on any atom is -0.368 e. The van der Waals surface area contributed by atoms with Gasteiger partial charge in [-0.25, -0.2) is 0 Å². The standard InChI is InChI=1S/C15H18N4O/c1-10-8-17-18-13(10)9-19-7-6-11-4-2-3-5-12(11)14(19)15(16)20/h2-5,8,14H,6-7,9H2,1H3,(H2,16,20)(H,17,18). The van der Waals surface area contributed by atoms with Gasteiger partial charge < -0.3 is 5.73 Å². The van der Waals surface area contributed by atoms with Gasteiger partial charge in [0.2, 0.25) is 5.91 Å². The number of nitrogens with two attached hydrogens (primary N) is 1. The molecule has 1 aromatic carbocycles. The largest absolute Gasteiger partial charge is 0.368 e. The summed E-state index contributed by atoms with van der Waals surface area (Å²) in [6.45, 7) is 3.49. The quantitative estimate of drug-likeness (QED) is 0.882. The monoisotopic (exact) mass is 270 g/mol. The van der Waals surface area contributed by atoms with Crippen molar-refractivity contribution in [3.8, 4) is 0 Å². The van der Waals surface area contributed by atoms with Crippen molar-refractivity contribution in [1.82, 2.24) is 15.1 Å². The van der Waals surface area contributed by atoms with E-state index in [1.165, 1.54) is 5.56 Å². The van der Waals surface area contributed by atoms with Crippen molar-refractivity contribution >= 4 is 5.91 Å². The predicted molar refractivity (Wildman–Crippen MR) is 75.8 cm³/mol. The summed E-state index contributed by atoms with van der Waals surface area (Å²) in [6.07, 6.45) is 2.74. The maximum absolute atomic E-state index is 11.9. The summed E-state index contributed by atoms with van der Waals surface area (Å²) in [5, 5.41) is 7.03. The Morgan fingerprint density at radius 1 is 1.50 bits per heavy atom. The SMILES string of the molecule is Cc1cn[nH]c1CN1CCc2ccccc2C1C(N)=O. The van der Waals surface area contributed by atoms with Crippen molar-refractivity contribution in [2.45, 2.75) is 25.9 Å². The minimum absolute atomic E-state index is 0.297. The lowest BCUT2D eigenvalue weighted by molar-refractivity contribution is -0.124. The number of aryl methyl sites for hydroxylation is 1. The van der Waals surface area contributed by atoms with Crippen molar-refractivity contribution in [3.63, 3.8) is 0 Å². The van der Waals surface area contributed by atoms with Crippen LogP contribution in [0.5, 0.6) is 0 Å². The fourth-order valence-electron chi connectivity index (χ4n) is 2.86. The molecule has 20 heavy (non-hydrogen) atoms. The molecule has 0 bridgehead atoms. The van der Waals surface area contributed by atoms with E-state index in [9.17, 15) is 4.79 Å². The van der Waals surface area contributed by atoms with E-state index in [1.54, 1.807) is 6.20 Å². The van der Waals surface area contributed by atoms with Gasteiger partial charge in [0, 0.05) is 13.1 Å². The normalized spacial score (nSPS) is 18.8. The van der Waals surface area contributed by atoms with E-state index >= 15 is 0 Å². The number of carbonyl (C=O) groups is 1. The van der Waals surface area contributed by atoms with E-state index in [-0.39, 0.29) is 11.9 Å². The van der Waals surface area contributed by atoms with Crippen LogP contribution in [0.15, 0.2) is 30.5 Å². The van der Waals surface area contributed by atoms with Crippen molar-refractivity contribution in [2.24, 2.45) is 5.73 Å². The van der Waals surface area contributed by atoms with Gasteiger partial charge >= 0.3 is 0 Å². The fraction of sp³-hybridized carbons (Fsp3) is 0.333. The molecule has 5 nitrogen and oxygen atoms in total. The van der Waals surface area contributed by atoms with Gasteiger partial charge in [-0.05, 0) is 30.0 Å². The Labute approximate surface area is 117 Å². The van der Waals surface area contributed by atoms with Gasteiger partial charge in [0.25, 0.3) is 0 Å². The number of benzene rings is 1.